The molecule has 2 aromatic heterocycles. The average Bonchev–Trinajstić information content (AvgIpc) is 3.40. The highest BCUT2D eigenvalue weighted by atomic mass is 32.1. The Morgan fingerprint density at radius 3 is 2.85 bits per heavy atom. The number of nitrogens with zero attached hydrogens (tertiary/aromatic N) is 3. The van der Waals surface area contributed by atoms with Crippen LogP contribution >= 0.6 is 11.3 Å². The van der Waals surface area contributed by atoms with Gasteiger partial charge in [-0.05, 0) is 36.9 Å². The van der Waals surface area contributed by atoms with E-state index >= 15 is 0 Å². The average molecular weight is 385 g/mol. The highest BCUT2D eigenvalue weighted by molar-refractivity contribution is 7.13. The van der Waals surface area contributed by atoms with Crippen molar-refractivity contribution in [2.45, 2.75) is 31.8 Å². The summed E-state index contributed by atoms with van der Waals surface area (Å²) < 4.78 is 17.1. The van der Waals surface area contributed by atoms with Crippen molar-refractivity contribution >= 4 is 11.3 Å². The Bertz CT molecular complexity index is 878. The Balaban J connectivity index is 1.59. The fraction of sp³-hybridized carbons (Fsp3) is 0.400. The summed E-state index contributed by atoms with van der Waals surface area (Å²) in [7, 11) is 3.34. The summed E-state index contributed by atoms with van der Waals surface area (Å²) in [6.07, 6.45) is 3.33. The molecule has 27 heavy (non-hydrogen) atoms. The highest BCUT2D eigenvalue weighted by Crippen LogP contribution is 2.37. The van der Waals surface area contributed by atoms with Crippen molar-refractivity contribution in [2.75, 3.05) is 20.8 Å². The van der Waals surface area contributed by atoms with Crippen LogP contribution in [0.2, 0.25) is 0 Å². The molecular formula is C20H23N3O3S. The predicted octanol–water partition coefficient (Wildman–Crippen LogP) is 4.54. The number of hydrogen-bond donors (Lipinski definition) is 0. The zero-order valence-electron chi connectivity index (χ0n) is 15.6. The number of likely N-dealkylation sites (tertiary alicyclic amines) is 1. The van der Waals surface area contributed by atoms with Crippen molar-refractivity contribution < 1.29 is 13.9 Å². The lowest BCUT2D eigenvalue weighted by Crippen LogP contribution is -2.33. The number of aromatic nitrogens is 2. The summed E-state index contributed by atoms with van der Waals surface area (Å²) >= 11 is 1.61. The minimum Gasteiger partial charge on any atom is -0.493 e. The largest absolute Gasteiger partial charge is 0.493 e. The standard InChI is InChI=1S/C20H23N3O3S/c1-24-16-9-5-7-14(18(16)25-2)13-23-11-4-3-8-15(23)19-21-22-20(26-19)17-10-6-12-27-17/h5-7,9-10,12,15H,3-4,8,11,13H2,1-2H3/t15-/m0/s1. The van der Waals surface area contributed by atoms with E-state index in [2.05, 4.69) is 21.2 Å². The van der Waals surface area contributed by atoms with E-state index in [4.69, 9.17) is 13.9 Å². The molecule has 1 aliphatic heterocycles. The van der Waals surface area contributed by atoms with Gasteiger partial charge in [0.25, 0.3) is 5.89 Å². The molecule has 7 heteroatoms. The summed E-state index contributed by atoms with van der Waals surface area (Å²) in [4.78, 5) is 3.40. The Morgan fingerprint density at radius 2 is 2.07 bits per heavy atom. The van der Waals surface area contributed by atoms with Crippen LogP contribution in [0.15, 0.2) is 40.1 Å². The number of benzene rings is 1. The zero-order valence-corrected chi connectivity index (χ0v) is 16.4. The smallest absolute Gasteiger partial charge is 0.257 e. The molecule has 0 saturated carbocycles. The quantitative estimate of drug-likeness (QED) is 0.621. The van der Waals surface area contributed by atoms with Gasteiger partial charge in [-0.15, -0.1) is 21.5 Å². The Morgan fingerprint density at radius 1 is 1.15 bits per heavy atom. The molecule has 6 nitrogen and oxygen atoms in total. The molecule has 0 spiro atoms. The van der Waals surface area contributed by atoms with Gasteiger partial charge in [0.1, 0.15) is 0 Å². The molecule has 0 aliphatic carbocycles. The lowest BCUT2D eigenvalue weighted by Gasteiger charge is -2.33. The Hall–Kier alpha value is -2.38. The molecule has 142 valence electrons. The first-order valence-electron chi connectivity index (χ1n) is 9.11. The SMILES string of the molecule is COc1cccc(CN2CCCC[C@H]2c2nnc(-c3cccs3)o2)c1OC. The van der Waals surface area contributed by atoms with Crippen molar-refractivity contribution in [1.29, 1.82) is 0 Å². The normalized spacial score (nSPS) is 17.8. The first-order chi connectivity index (χ1) is 13.3. The van der Waals surface area contributed by atoms with Crippen LogP contribution in [0.3, 0.4) is 0 Å². The van der Waals surface area contributed by atoms with Gasteiger partial charge in [0.05, 0.1) is 25.1 Å². The van der Waals surface area contributed by atoms with E-state index in [-0.39, 0.29) is 6.04 Å². The van der Waals surface area contributed by atoms with Gasteiger partial charge >= 0.3 is 0 Å². The zero-order chi connectivity index (χ0) is 18.6. The summed E-state index contributed by atoms with van der Waals surface area (Å²) in [5.41, 5.74) is 1.10. The van der Waals surface area contributed by atoms with Gasteiger partial charge in [-0.2, -0.15) is 0 Å². The summed E-state index contributed by atoms with van der Waals surface area (Å²) in [6, 6.07) is 10.1. The molecule has 1 fully saturated rings. The lowest BCUT2D eigenvalue weighted by atomic mass is 10.0. The molecule has 3 heterocycles. The van der Waals surface area contributed by atoms with Gasteiger partial charge in [0.2, 0.25) is 5.89 Å². The molecule has 0 amide bonds. The van der Waals surface area contributed by atoms with Crippen molar-refractivity contribution in [3.8, 4) is 22.3 Å². The maximum atomic E-state index is 6.03. The third-order valence-electron chi connectivity index (χ3n) is 4.93. The molecule has 1 aliphatic rings. The second kappa shape index (κ2) is 8.10. The van der Waals surface area contributed by atoms with Crippen molar-refractivity contribution in [1.82, 2.24) is 15.1 Å². The van der Waals surface area contributed by atoms with Crippen LogP contribution in [0, 0.1) is 0 Å². The van der Waals surface area contributed by atoms with Crippen molar-refractivity contribution in [3.63, 3.8) is 0 Å². The first kappa shape index (κ1) is 18.0. The molecular weight excluding hydrogens is 362 g/mol. The van der Waals surface area contributed by atoms with E-state index < -0.39 is 0 Å². The van der Waals surface area contributed by atoms with E-state index in [0.717, 1.165) is 54.3 Å². The highest BCUT2D eigenvalue weighted by Gasteiger charge is 2.29. The second-order valence-corrected chi connectivity index (χ2v) is 7.51. The van der Waals surface area contributed by atoms with Crippen LogP contribution in [0.25, 0.3) is 10.8 Å². The molecule has 1 aromatic carbocycles. The number of piperidine rings is 1. The molecule has 1 atom stereocenters. The van der Waals surface area contributed by atoms with E-state index in [1.54, 1.807) is 25.6 Å². The molecule has 0 radical (unpaired) electrons. The molecule has 1 saturated heterocycles. The van der Waals surface area contributed by atoms with Gasteiger partial charge in [-0.3, -0.25) is 4.90 Å². The molecule has 0 N–H and O–H groups in total. The monoisotopic (exact) mass is 385 g/mol. The number of para-hydroxylation sites is 1. The Labute approximate surface area is 162 Å². The van der Waals surface area contributed by atoms with E-state index in [9.17, 15) is 0 Å². The summed E-state index contributed by atoms with van der Waals surface area (Å²) in [5, 5.41) is 10.6. The minimum absolute atomic E-state index is 0.121. The van der Waals surface area contributed by atoms with Gasteiger partial charge in [-0.1, -0.05) is 24.6 Å². The molecule has 0 unspecified atom stereocenters. The van der Waals surface area contributed by atoms with E-state index in [1.165, 1.54) is 0 Å². The minimum atomic E-state index is 0.121. The van der Waals surface area contributed by atoms with Crippen molar-refractivity contribution in [2.24, 2.45) is 0 Å². The third-order valence-corrected chi connectivity index (χ3v) is 5.79. The van der Waals surface area contributed by atoms with Crippen LogP contribution in [-0.2, 0) is 6.54 Å². The van der Waals surface area contributed by atoms with Crippen LogP contribution in [0.5, 0.6) is 11.5 Å². The molecule has 4 rings (SSSR count). The predicted molar refractivity (Wildman–Crippen MR) is 104 cm³/mol. The number of hydrogen-bond acceptors (Lipinski definition) is 7. The van der Waals surface area contributed by atoms with Gasteiger partial charge in [0, 0.05) is 12.1 Å². The maximum absolute atomic E-state index is 6.03. The fourth-order valence-corrected chi connectivity index (χ4v) is 4.27. The number of methoxy groups -OCH3 is 2. The van der Waals surface area contributed by atoms with Crippen LogP contribution in [0.4, 0.5) is 0 Å². The number of thiophene rings is 1. The number of ether oxygens (including phenoxy) is 2. The van der Waals surface area contributed by atoms with Gasteiger partial charge in [0.15, 0.2) is 11.5 Å². The van der Waals surface area contributed by atoms with Gasteiger partial charge < -0.3 is 13.9 Å². The van der Waals surface area contributed by atoms with E-state index in [0.29, 0.717) is 11.8 Å². The molecule has 3 aromatic rings. The topological polar surface area (TPSA) is 60.6 Å². The van der Waals surface area contributed by atoms with E-state index in [1.807, 2.05) is 29.6 Å². The summed E-state index contributed by atoms with van der Waals surface area (Å²) in [6.45, 7) is 1.74. The third kappa shape index (κ3) is 3.70. The van der Waals surface area contributed by atoms with Crippen LogP contribution in [0.1, 0.15) is 36.8 Å². The number of rotatable bonds is 6. The van der Waals surface area contributed by atoms with Crippen LogP contribution in [-0.4, -0.2) is 35.9 Å². The summed E-state index contributed by atoms with van der Waals surface area (Å²) in [5.74, 6) is 2.83. The van der Waals surface area contributed by atoms with Gasteiger partial charge in [-0.25, -0.2) is 0 Å². The first-order valence-corrected chi connectivity index (χ1v) is 9.99. The molecule has 0 bridgehead atoms. The lowest BCUT2D eigenvalue weighted by molar-refractivity contribution is 0.117. The maximum Gasteiger partial charge on any atom is 0.257 e. The fourth-order valence-electron chi connectivity index (χ4n) is 3.63. The Kier molecular flexibility index (Phi) is 5.40. The second-order valence-electron chi connectivity index (χ2n) is 6.56. The van der Waals surface area contributed by atoms with Crippen molar-refractivity contribution in [3.05, 3.63) is 47.2 Å². The van der Waals surface area contributed by atoms with Crippen LogP contribution < -0.4 is 9.47 Å².